The van der Waals surface area contributed by atoms with Crippen LogP contribution in [0, 0.1) is 10.1 Å². The van der Waals surface area contributed by atoms with Crippen molar-refractivity contribution in [2.45, 2.75) is 0 Å². The molecule has 0 aromatic heterocycles. The number of non-ortho nitro benzene ring substituents is 1. The van der Waals surface area contributed by atoms with Gasteiger partial charge < -0.3 is 9.84 Å². The van der Waals surface area contributed by atoms with Crippen LogP contribution in [0.3, 0.4) is 0 Å². The number of carbonyl (C=O) groups excluding carboxylic acids is 1. The number of hydrogen-bond donors (Lipinski definition) is 1. The topological polar surface area (TPSA) is 102 Å². The average Bonchev–Trinajstić information content (AvgIpc) is 2.97. The van der Waals surface area contributed by atoms with Gasteiger partial charge in [-0.1, -0.05) is 48.2 Å². The summed E-state index contributed by atoms with van der Waals surface area (Å²) in [4.78, 5) is 27.3. The molecule has 0 atom stereocenters. The highest BCUT2D eigenvalue weighted by Crippen LogP contribution is 2.40. The predicted octanol–water partition coefficient (Wildman–Crippen LogP) is 4.40. The SMILES string of the molecule is COC(=O)C1=C(O)/C(=C\c2ccccc2)SC1=Nc1cccc([N+](=O)[O-])c1. The Labute approximate surface area is 158 Å². The third-order valence-electron chi connectivity index (χ3n) is 3.65. The summed E-state index contributed by atoms with van der Waals surface area (Å²) in [6.07, 6.45) is 1.72. The first-order valence-electron chi connectivity index (χ1n) is 7.79. The number of hydrogen-bond acceptors (Lipinski definition) is 7. The van der Waals surface area contributed by atoms with Gasteiger partial charge in [-0.15, -0.1) is 0 Å². The summed E-state index contributed by atoms with van der Waals surface area (Å²) >= 11 is 1.09. The van der Waals surface area contributed by atoms with E-state index in [1.54, 1.807) is 12.1 Å². The lowest BCUT2D eigenvalue weighted by Gasteiger charge is -2.02. The van der Waals surface area contributed by atoms with Crippen molar-refractivity contribution >= 4 is 40.2 Å². The van der Waals surface area contributed by atoms with Gasteiger partial charge in [0.05, 0.1) is 22.6 Å². The highest BCUT2D eigenvalue weighted by atomic mass is 32.2. The maximum atomic E-state index is 12.1. The zero-order valence-electron chi connectivity index (χ0n) is 14.2. The molecule has 0 amide bonds. The van der Waals surface area contributed by atoms with E-state index in [1.807, 2.05) is 30.3 Å². The van der Waals surface area contributed by atoms with Crippen molar-refractivity contribution in [1.82, 2.24) is 0 Å². The maximum absolute atomic E-state index is 12.1. The Morgan fingerprint density at radius 1 is 1.22 bits per heavy atom. The minimum absolute atomic E-state index is 0.0730. The first-order chi connectivity index (χ1) is 13.0. The van der Waals surface area contributed by atoms with Crippen LogP contribution in [0.4, 0.5) is 11.4 Å². The van der Waals surface area contributed by atoms with Gasteiger partial charge in [-0.2, -0.15) is 0 Å². The number of aliphatic imine (C=N–C) groups is 1. The zero-order chi connectivity index (χ0) is 19.4. The number of nitro benzene ring substituents is 1. The van der Waals surface area contributed by atoms with Crippen LogP contribution in [0.15, 0.2) is 75.8 Å². The summed E-state index contributed by atoms with van der Waals surface area (Å²) in [5.74, 6) is -0.972. The number of nitrogens with zero attached hydrogens (tertiary/aromatic N) is 2. The summed E-state index contributed by atoms with van der Waals surface area (Å²) < 4.78 is 4.75. The molecule has 1 aliphatic heterocycles. The molecule has 2 aromatic rings. The molecule has 0 aliphatic carbocycles. The second kappa shape index (κ2) is 7.88. The standard InChI is InChI=1S/C19H14N2O5S/c1-26-19(23)16-17(22)15(10-12-6-3-2-4-7-12)27-18(16)20-13-8-5-9-14(11-13)21(24)25/h2-11,22H,1H3/b15-10+,20-18?. The highest BCUT2D eigenvalue weighted by Gasteiger charge is 2.33. The quantitative estimate of drug-likeness (QED) is 0.478. The number of methoxy groups -OCH3 is 1. The number of aliphatic hydroxyl groups excluding tert-OH is 1. The summed E-state index contributed by atoms with van der Waals surface area (Å²) in [7, 11) is 1.21. The minimum atomic E-state index is -0.736. The van der Waals surface area contributed by atoms with Crippen LogP contribution < -0.4 is 0 Å². The minimum Gasteiger partial charge on any atom is -0.506 e. The van der Waals surface area contributed by atoms with Gasteiger partial charge in [0, 0.05) is 12.1 Å². The molecule has 0 saturated heterocycles. The second-order valence-corrected chi connectivity index (χ2v) is 6.46. The fourth-order valence-electron chi connectivity index (χ4n) is 2.38. The van der Waals surface area contributed by atoms with E-state index in [9.17, 15) is 20.0 Å². The lowest BCUT2D eigenvalue weighted by Crippen LogP contribution is -2.10. The van der Waals surface area contributed by atoms with Crippen LogP contribution in [-0.2, 0) is 9.53 Å². The molecule has 1 heterocycles. The number of aliphatic hydroxyl groups is 1. The Bertz CT molecular complexity index is 996. The van der Waals surface area contributed by atoms with Crippen molar-refractivity contribution in [3.63, 3.8) is 0 Å². The van der Waals surface area contributed by atoms with E-state index < -0.39 is 10.9 Å². The Morgan fingerprint density at radius 2 is 1.96 bits per heavy atom. The summed E-state index contributed by atoms with van der Waals surface area (Å²) in [6.45, 7) is 0. The molecule has 136 valence electrons. The molecule has 0 radical (unpaired) electrons. The number of esters is 1. The molecule has 2 aromatic carbocycles. The molecule has 0 saturated carbocycles. The second-order valence-electron chi connectivity index (χ2n) is 5.43. The average molecular weight is 382 g/mol. The van der Waals surface area contributed by atoms with Gasteiger partial charge >= 0.3 is 5.97 Å². The highest BCUT2D eigenvalue weighted by molar-refractivity contribution is 8.18. The number of nitro groups is 1. The largest absolute Gasteiger partial charge is 0.506 e. The Kier molecular flexibility index (Phi) is 5.37. The van der Waals surface area contributed by atoms with E-state index in [2.05, 4.69) is 4.99 Å². The third-order valence-corrected chi connectivity index (χ3v) is 4.67. The number of ether oxygens (including phenoxy) is 1. The van der Waals surface area contributed by atoms with Gasteiger partial charge in [-0.05, 0) is 17.7 Å². The number of carbonyl (C=O) groups is 1. The first-order valence-corrected chi connectivity index (χ1v) is 8.61. The fraction of sp³-hybridized carbons (Fsp3) is 0.0526. The molecule has 7 nitrogen and oxygen atoms in total. The van der Waals surface area contributed by atoms with Crippen molar-refractivity contribution in [2.24, 2.45) is 4.99 Å². The summed E-state index contributed by atoms with van der Waals surface area (Å²) in [6, 6.07) is 15.0. The first kappa shape index (κ1) is 18.4. The van der Waals surface area contributed by atoms with Crippen molar-refractivity contribution in [2.75, 3.05) is 7.11 Å². The van der Waals surface area contributed by atoms with Crippen LogP contribution in [-0.4, -0.2) is 28.2 Å². The monoisotopic (exact) mass is 382 g/mol. The summed E-state index contributed by atoms with van der Waals surface area (Å²) in [5, 5.41) is 21.6. The van der Waals surface area contributed by atoms with Gasteiger partial charge in [0.15, 0.2) is 0 Å². The molecule has 1 aliphatic rings. The van der Waals surface area contributed by atoms with E-state index in [-0.39, 0.29) is 22.1 Å². The Hall–Kier alpha value is -3.39. The molecular formula is C19H14N2O5S. The zero-order valence-corrected chi connectivity index (χ0v) is 15.0. The number of thioether (sulfide) groups is 1. The molecule has 0 unspecified atom stereocenters. The maximum Gasteiger partial charge on any atom is 0.344 e. The van der Waals surface area contributed by atoms with Crippen LogP contribution in [0.25, 0.3) is 6.08 Å². The molecule has 3 rings (SSSR count). The summed E-state index contributed by atoms with van der Waals surface area (Å²) in [5.41, 5.74) is 0.943. The van der Waals surface area contributed by atoms with Crippen molar-refractivity contribution < 1.29 is 19.6 Å². The molecule has 0 fully saturated rings. The van der Waals surface area contributed by atoms with Crippen LogP contribution in [0.5, 0.6) is 0 Å². The van der Waals surface area contributed by atoms with Gasteiger partial charge in [-0.25, -0.2) is 9.79 Å². The van der Waals surface area contributed by atoms with E-state index >= 15 is 0 Å². The van der Waals surface area contributed by atoms with Gasteiger partial charge in [-0.3, -0.25) is 10.1 Å². The number of rotatable bonds is 4. The fourth-order valence-corrected chi connectivity index (χ4v) is 3.42. The molecule has 0 spiro atoms. The lowest BCUT2D eigenvalue weighted by molar-refractivity contribution is -0.384. The van der Waals surface area contributed by atoms with Gasteiger partial charge in [0.1, 0.15) is 16.4 Å². The van der Waals surface area contributed by atoms with Crippen LogP contribution >= 0.6 is 11.8 Å². The predicted molar refractivity (Wildman–Crippen MR) is 104 cm³/mol. The van der Waals surface area contributed by atoms with Crippen LogP contribution in [0.1, 0.15) is 5.56 Å². The van der Waals surface area contributed by atoms with Gasteiger partial charge in [0.25, 0.3) is 5.69 Å². The molecular weight excluding hydrogens is 368 g/mol. The van der Waals surface area contributed by atoms with Crippen molar-refractivity contribution in [3.8, 4) is 0 Å². The molecule has 1 N–H and O–H groups in total. The van der Waals surface area contributed by atoms with E-state index in [0.29, 0.717) is 10.6 Å². The molecule has 8 heteroatoms. The smallest absolute Gasteiger partial charge is 0.344 e. The van der Waals surface area contributed by atoms with E-state index in [0.717, 1.165) is 17.3 Å². The van der Waals surface area contributed by atoms with E-state index in [1.165, 1.54) is 25.3 Å². The third kappa shape index (κ3) is 4.06. The molecule has 0 bridgehead atoms. The Balaban J connectivity index is 2.05. The van der Waals surface area contributed by atoms with Gasteiger partial charge in [0.2, 0.25) is 0 Å². The Morgan fingerprint density at radius 3 is 2.63 bits per heavy atom. The molecule has 27 heavy (non-hydrogen) atoms. The van der Waals surface area contributed by atoms with Crippen LogP contribution in [0.2, 0.25) is 0 Å². The number of benzene rings is 2. The van der Waals surface area contributed by atoms with E-state index in [4.69, 9.17) is 4.74 Å². The normalized spacial score (nSPS) is 16.8. The lowest BCUT2D eigenvalue weighted by atomic mass is 10.1. The van der Waals surface area contributed by atoms with Crippen molar-refractivity contribution in [3.05, 3.63) is 86.5 Å². The van der Waals surface area contributed by atoms with Crippen molar-refractivity contribution in [1.29, 1.82) is 0 Å².